The van der Waals surface area contributed by atoms with Crippen LogP contribution < -0.4 is 5.73 Å². The van der Waals surface area contributed by atoms with Crippen LogP contribution in [-0.4, -0.2) is 22.0 Å². The van der Waals surface area contributed by atoms with E-state index in [1.807, 2.05) is 0 Å². The van der Waals surface area contributed by atoms with E-state index in [0.29, 0.717) is 21.3 Å². The van der Waals surface area contributed by atoms with E-state index in [9.17, 15) is 9.59 Å². The number of hydrogen-bond acceptors (Lipinski definition) is 2. The molecule has 1 heterocycles. The Balaban J connectivity index is 2.54. The van der Waals surface area contributed by atoms with Gasteiger partial charge in [-0.05, 0) is 24.1 Å². The summed E-state index contributed by atoms with van der Waals surface area (Å²) in [6.07, 6.45) is 0.258. The van der Waals surface area contributed by atoms with Crippen molar-refractivity contribution in [2.45, 2.75) is 19.3 Å². The highest BCUT2D eigenvalue weighted by Crippen LogP contribution is 2.32. The molecule has 0 spiro atoms. The first-order chi connectivity index (χ1) is 9.38. The molecular weight excluding hydrogens is 303 g/mol. The predicted molar refractivity (Wildman–Crippen MR) is 77.2 cm³/mol. The van der Waals surface area contributed by atoms with Crippen molar-refractivity contribution >= 4 is 46.0 Å². The molecule has 20 heavy (non-hydrogen) atoms. The monoisotopic (exact) mass is 314 g/mol. The molecule has 106 valence electrons. The highest BCUT2D eigenvalue weighted by molar-refractivity contribution is 6.42. The van der Waals surface area contributed by atoms with Gasteiger partial charge in [0.1, 0.15) is 0 Å². The summed E-state index contributed by atoms with van der Waals surface area (Å²) in [7, 11) is 0. The normalized spacial score (nSPS) is 10.9. The molecule has 4 N–H and O–H groups in total. The second-order valence-corrected chi connectivity index (χ2v) is 5.25. The fourth-order valence-corrected chi connectivity index (χ4v) is 2.47. The van der Waals surface area contributed by atoms with Crippen molar-refractivity contribution in [1.29, 1.82) is 0 Å². The minimum Gasteiger partial charge on any atom is -0.481 e. The maximum Gasteiger partial charge on any atom is 0.303 e. The Bertz CT molecular complexity index is 694. The summed E-state index contributed by atoms with van der Waals surface area (Å²) in [5.74, 6) is -1.41. The lowest BCUT2D eigenvalue weighted by atomic mass is 10.0. The Labute approximate surface area is 124 Å². The lowest BCUT2D eigenvalue weighted by molar-refractivity contribution is -0.136. The minimum atomic E-state index is -0.913. The number of rotatable bonds is 5. The molecule has 0 atom stereocenters. The quantitative estimate of drug-likeness (QED) is 0.791. The number of nitrogens with two attached hydrogens (primary N) is 1. The van der Waals surface area contributed by atoms with E-state index < -0.39 is 11.9 Å². The molecule has 0 aliphatic carbocycles. The Morgan fingerprint density at radius 2 is 1.90 bits per heavy atom. The molecule has 0 unspecified atom stereocenters. The van der Waals surface area contributed by atoms with E-state index in [4.69, 9.17) is 34.0 Å². The third-order valence-corrected chi connectivity index (χ3v) is 3.70. The lowest BCUT2D eigenvalue weighted by Gasteiger charge is -2.02. The van der Waals surface area contributed by atoms with Gasteiger partial charge < -0.3 is 15.8 Å². The maximum absolute atomic E-state index is 11.1. The molecule has 0 saturated carbocycles. The van der Waals surface area contributed by atoms with Gasteiger partial charge in [0.25, 0.3) is 0 Å². The molecule has 7 heteroatoms. The molecule has 1 aromatic carbocycles. The SMILES string of the molecule is NC(=O)Cc1[nH]c2cc(Cl)c(Cl)cc2c1CCC(=O)O. The number of carbonyl (C=O) groups excluding carboxylic acids is 1. The molecule has 0 radical (unpaired) electrons. The largest absolute Gasteiger partial charge is 0.481 e. The van der Waals surface area contributed by atoms with Crippen LogP contribution in [0.1, 0.15) is 17.7 Å². The zero-order valence-electron chi connectivity index (χ0n) is 10.4. The number of amides is 1. The zero-order chi connectivity index (χ0) is 14.9. The summed E-state index contributed by atoms with van der Waals surface area (Å²) >= 11 is 11.9. The number of aromatic amines is 1. The molecule has 0 bridgehead atoms. The van der Waals surface area contributed by atoms with Gasteiger partial charge in [0, 0.05) is 23.0 Å². The maximum atomic E-state index is 11.1. The smallest absolute Gasteiger partial charge is 0.303 e. The fraction of sp³-hybridized carbons (Fsp3) is 0.231. The number of fused-ring (bicyclic) bond motifs is 1. The number of nitrogens with one attached hydrogen (secondary N) is 1. The molecule has 0 aliphatic rings. The number of carboxylic acids is 1. The second-order valence-electron chi connectivity index (χ2n) is 4.43. The van der Waals surface area contributed by atoms with Crippen LogP contribution in [0, 0.1) is 0 Å². The first-order valence-corrected chi connectivity index (χ1v) is 6.62. The third-order valence-electron chi connectivity index (χ3n) is 2.98. The first-order valence-electron chi connectivity index (χ1n) is 5.87. The summed E-state index contributed by atoms with van der Waals surface area (Å²) < 4.78 is 0. The zero-order valence-corrected chi connectivity index (χ0v) is 11.9. The fourth-order valence-electron chi connectivity index (χ4n) is 2.14. The van der Waals surface area contributed by atoms with Crippen LogP contribution in [0.4, 0.5) is 0 Å². The van der Waals surface area contributed by atoms with Crippen molar-refractivity contribution in [1.82, 2.24) is 4.98 Å². The Hall–Kier alpha value is -1.72. The number of primary amides is 1. The Morgan fingerprint density at radius 1 is 1.25 bits per heavy atom. The number of aromatic nitrogens is 1. The minimum absolute atomic E-state index is 0.0128. The van der Waals surface area contributed by atoms with Crippen LogP contribution in [0.2, 0.25) is 10.0 Å². The second kappa shape index (κ2) is 5.73. The summed E-state index contributed by atoms with van der Waals surface area (Å²) in [6, 6.07) is 3.31. The number of carbonyl (C=O) groups is 2. The van der Waals surface area contributed by atoms with Crippen LogP contribution in [0.25, 0.3) is 10.9 Å². The molecule has 2 aromatic rings. The number of aliphatic carboxylic acids is 1. The van der Waals surface area contributed by atoms with Gasteiger partial charge in [-0.25, -0.2) is 0 Å². The topological polar surface area (TPSA) is 96.2 Å². The number of halogens is 2. The summed E-state index contributed by atoms with van der Waals surface area (Å²) in [5, 5.41) is 10.3. The third kappa shape index (κ3) is 3.05. The van der Waals surface area contributed by atoms with E-state index >= 15 is 0 Å². The van der Waals surface area contributed by atoms with Crippen molar-refractivity contribution in [2.24, 2.45) is 5.73 Å². The first kappa shape index (κ1) is 14.7. The van der Waals surface area contributed by atoms with Crippen molar-refractivity contribution in [3.63, 3.8) is 0 Å². The number of aryl methyl sites for hydroxylation is 1. The van der Waals surface area contributed by atoms with E-state index in [1.54, 1.807) is 12.1 Å². The number of benzene rings is 1. The molecule has 5 nitrogen and oxygen atoms in total. The molecule has 2 rings (SSSR count). The molecule has 0 saturated heterocycles. The van der Waals surface area contributed by atoms with Gasteiger partial charge in [-0.1, -0.05) is 23.2 Å². The number of hydrogen-bond donors (Lipinski definition) is 3. The van der Waals surface area contributed by atoms with Crippen LogP contribution in [0.5, 0.6) is 0 Å². The van der Waals surface area contributed by atoms with E-state index in [1.165, 1.54) is 0 Å². The number of carboxylic acid groups (broad SMARTS) is 1. The van der Waals surface area contributed by atoms with Crippen molar-refractivity contribution in [3.8, 4) is 0 Å². The highest BCUT2D eigenvalue weighted by Gasteiger charge is 2.16. The molecule has 0 aliphatic heterocycles. The molecular formula is C13H12Cl2N2O3. The molecule has 0 fully saturated rings. The Morgan fingerprint density at radius 3 is 2.50 bits per heavy atom. The van der Waals surface area contributed by atoms with E-state index in [2.05, 4.69) is 4.98 Å². The average Bonchev–Trinajstić information content (AvgIpc) is 2.63. The van der Waals surface area contributed by atoms with Crippen LogP contribution in [-0.2, 0) is 22.4 Å². The number of H-pyrrole nitrogens is 1. The Kier molecular flexibility index (Phi) is 4.20. The van der Waals surface area contributed by atoms with Gasteiger partial charge in [0.15, 0.2) is 0 Å². The average molecular weight is 315 g/mol. The van der Waals surface area contributed by atoms with Crippen molar-refractivity contribution < 1.29 is 14.7 Å². The summed E-state index contributed by atoms with van der Waals surface area (Å²) in [6.45, 7) is 0. The summed E-state index contributed by atoms with van der Waals surface area (Å²) in [5.41, 5.74) is 7.25. The molecule has 1 amide bonds. The predicted octanol–water partition coefficient (Wildman–Crippen LogP) is 2.52. The van der Waals surface area contributed by atoms with Gasteiger partial charge in [0.2, 0.25) is 5.91 Å². The van der Waals surface area contributed by atoms with Gasteiger partial charge in [-0.2, -0.15) is 0 Å². The van der Waals surface area contributed by atoms with Crippen LogP contribution >= 0.6 is 23.2 Å². The molecule has 1 aromatic heterocycles. The van der Waals surface area contributed by atoms with Crippen LogP contribution in [0.15, 0.2) is 12.1 Å². The van der Waals surface area contributed by atoms with E-state index in [0.717, 1.165) is 10.9 Å². The van der Waals surface area contributed by atoms with E-state index in [-0.39, 0.29) is 19.3 Å². The lowest BCUT2D eigenvalue weighted by Crippen LogP contribution is -2.15. The van der Waals surface area contributed by atoms with Gasteiger partial charge >= 0.3 is 5.97 Å². The van der Waals surface area contributed by atoms with Gasteiger partial charge in [0.05, 0.1) is 16.5 Å². The van der Waals surface area contributed by atoms with Gasteiger partial charge in [-0.3, -0.25) is 9.59 Å². The van der Waals surface area contributed by atoms with Crippen LogP contribution in [0.3, 0.4) is 0 Å². The van der Waals surface area contributed by atoms with Crippen molar-refractivity contribution in [3.05, 3.63) is 33.4 Å². The van der Waals surface area contributed by atoms with Gasteiger partial charge in [-0.15, -0.1) is 0 Å². The highest BCUT2D eigenvalue weighted by atomic mass is 35.5. The summed E-state index contributed by atoms with van der Waals surface area (Å²) in [4.78, 5) is 24.9. The van der Waals surface area contributed by atoms with Crippen molar-refractivity contribution in [2.75, 3.05) is 0 Å². The standard InChI is InChI=1S/C13H12Cl2N2O3/c14-8-3-7-6(1-2-13(19)20)11(5-12(16)18)17-10(7)4-9(8)15/h3-4,17H,1-2,5H2,(H2,16,18)(H,19,20).